The molecule has 0 saturated heterocycles. The molecule has 0 spiro atoms. The summed E-state index contributed by atoms with van der Waals surface area (Å²) in [6.07, 6.45) is 6.34. The SMILES string of the molecule is COc1cc(CNC(=O)CCCC/C=C/C(C)C)ccc1O.O=[N+]([O-])OCC(CO[N+](=O)[O-])O[N+](=O)[O-]. The monoisotopic (exact) mass is 532 g/mol. The van der Waals surface area contributed by atoms with E-state index in [4.69, 9.17) is 4.74 Å². The Bertz CT molecular complexity index is 876. The fourth-order valence-corrected chi connectivity index (χ4v) is 2.56. The first-order chi connectivity index (χ1) is 17.4. The number of hydrogen-bond donors (Lipinski definition) is 2. The third-order valence-electron chi connectivity index (χ3n) is 4.25. The molecule has 16 heteroatoms. The first-order valence-electron chi connectivity index (χ1n) is 11.1. The first kappa shape index (κ1) is 32.6. The molecule has 16 nitrogen and oxygen atoms in total. The van der Waals surface area contributed by atoms with Crippen LogP contribution in [0.5, 0.6) is 11.5 Å². The van der Waals surface area contributed by atoms with Gasteiger partial charge in [-0.3, -0.25) is 4.79 Å². The zero-order valence-electron chi connectivity index (χ0n) is 20.8. The Morgan fingerprint density at radius 3 is 2.19 bits per heavy atom. The molecule has 0 aliphatic rings. The quantitative estimate of drug-likeness (QED) is 0.128. The minimum atomic E-state index is -1.55. The van der Waals surface area contributed by atoms with E-state index < -0.39 is 34.6 Å². The van der Waals surface area contributed by atoms with Crippen LogP contribution in [0.25, 0.3) is 0 Å². The number of allylic oxidation sites excluding steroid dienone is 2. The summed E-state index contributed by atoms with van der Waals surface area (Å²) in [6.45, 7) is 3.07. The summed E-state index contributed by atoms with van der Waals surface area (Å²) in [6, 6.07) is 5.07. The maximum Gasteiger partial charge on any atom is 0.294 e. The molecular weight excluding hydrogens is 500 g/mol. The summed E-state index contributed by atoms with van der Waals surface area (Å²) in [4.78, 5) is 52.3. The second-order valence-corrected chi connectivity index (χ2v) is 7.69. The number of amides is 1. The van der Waals surface area contributed by atoms with Gasteiger partial charge >= 0.3 is 0 Å². The van der Waals surface area contributed by atoms with E-state index in [-0.39, 0.29) is 11.7 Å². The Hall–Kier alpha value is -4.37. The molecule has 37 heavy (non-hydrogen) atoms. The van der Waals surface area contributed by atoms with Crippen LogP contribution in [0.15, 0.2) is 30.4 Å². The molecule has 208 valence electrons. The number of methoxy groups -OCH3 is 1. The molecule has 0 atom stereocenters. The van der Waals surface area contributed by atoms with Crippen molar-refractivity contribution in [3.63, 3.8) is 0 Å². The second-order valence-electron chi connectivity index (χ2n) is 7.69. The van der Waals surface area contributed by atoms with E-state index >= 15 is 0 Å². The third-order valence-corrected chi connectivity index (χ3v) is 4.25. The summed E-state index contributed by atoms with van der Waals surface area (Å²) in [5.41, 5.74) is 0.905. The molecule has 0 unspecified atom stereocenters. The van der Waals surface area contributed by atoms with Gasteiger partial charge in [0.1, 0.15) is 13.2 Å². The van der Waals surface area contributed by atoms with Gasteiger partial charge in [-0.25, -0.2) is 0 Å². The number of hydrogen-bond acceptors (Lipinski definition) is 12. The van der Waals surface area contributed by atoms with Crippen molar-refractivity contribution in [2.75, 3.05) is 20.3 Å². The number of rotatable bonds is 17. The van der Waals surface area contributed by atoms with E-state index in [0.717, 1.165) is 24.8 Å². The molecule has 1 amide bonds. The van der Waals surface area contributed by atoms with Crippen molar-refractivity contribution in [2.24, 2.45) is 5.92 Å². The number of phenols is 1. The lowest BCUT2D eigenvalue weighted by Gasteiger charge is -2.11. The molecule has 0 heterocycles. The highest BCUT2D eigenvalue weighted by atomic mass is 17.0. The number of unbranched alkanes of at least 4 members (excludes halogenated alkanes) is 2. The third kappa shape index (κ3) is 18.6. The van der Waals surface area contributed by atoms with Crippen LogP contribution in [-0.2, 0) is 25.9 Å². The van der Waals surface area contributed by atoms with Crippen molar-refractivity contribution in [3.8, 4) is 11.5 Å². The summed E-state index contributed by atoms with van der Waals surface area (Å²) in [5, 5.41) is 37.9. The molecule has 1 rings (SSSR count). The highest BCUT2D eigenvalue weighted by Crippen LogP contribution is 2.26. The van der Waals surface area contributed by atoms with Crippen LogP contribution in [-0.4, -0.2) is 52.7 Å². The number of aromatic hydroxyl groups is 1. The van der Waals surface area contributed by atoms with E-state index in [1.807, 2.05) is 0 Å². The zero-order chi connectivity index (χ0) is 28.2. The van der Waals surface area contributed by atoms with Crippen molar-refractivity contribution >= 4 is 5.91 Å². The second kappa shape index (κ2) is 18.9. The lowest BCUT2D eigenvalue weighted by molar-refractivity contribution is -0.803. The van der Waals surface area contributed by atoms with Crippen molar-refractivity contribution < 1.29 is 44.4 Å². The Morgan fingerprint density at radius 1 is 1.05 bits per heavy atom. The fourth-order valence-electron chi connectivity index (χ4n) is 2.56. The first-order valence-corrected chi connectivity index (χ1v) is 11.1. The van der Waals surface area contributed by atoms with E-state index in [1.54, 1.807) is 18.2 Å². The van der Waals surface area contributed by atoms with Crippen LogP contribution < -0.4 is 10.1 Å². The largest absolute Gasteiger partial charge is 0.504 e. The maximum absolute atomic E-state index is 11.8. The Balaban J connectivity index is 0.000000757. The summed E-state index contributed by atoms with van der Waals surface area (Å²) in [5.74, 6) is 1.17. The van der Waals surface area contributed by atoms with Gasteiger partial charge in [-0.1, -0.05) is 32.1 Å². The summed E-state index contributed by atoms with van der Waals surface area (Å²) in [7, 11) is 1.51. The lowest BCUT2D eigenvalue weighted by Crippen LogP contribution is -2.30. The van der Waals surface area contributed by atoms with Crippen LogP contribution in [0, 0.1) is 36.3 Å². The van der Waals surface area contributed by atoms with E-state index in [9.17, 15) is 40.2 Å². The Kier molecular flexibility index (Phi) is 16.7. The van der Waals surface area contributed by atoms with Crippen LogP contribution in [0.2, 0.25) is 0 Å². The fraction of sp³-hybridized carbons (Fsp3) is 0.571. The molecule has 0 bridgehead atoms. The van der Waals surface area contributed by atoms with Gasteiger partial charge in [-0.05, 0) is 42.9 Å². The smallest absolute Gasteiger partial charge is 0.294 e. The van der Waals surface area contributed by atoms with Gasteiger partial charge in [-0.15, -0.1) is 30.3 Å². The minimum absolute atomic E-state index is 0.0554. The number of carbonyl (C=O) groups excluding carboxylic acids is 1. The van der Waals surface area contributed by atoms with Crippen LogP contribution >= 0.6 is 0 Å². The standard InChI is InChI=1S/C18H27NO3.C3H5N3O9/c1-14(2)8-6-4-5-7-9-18(21)19-13-15-10-11-16(20)17(12-15)22-3;7-4(8)13-1-3(15-6(11)12)2-14-5(9)10/h6,8,10-12,14,20H,4-5,7,9,13H2,1-3H3,(H,19,21);3H,1-2H2/b8-6+;. The molecule has 0 fully saturated rings. The van der Waals surface area contributed by atoms with Crippen LogP contribution in [0.4, 0.5) is 0 Å². The summed E-state index contributed by atoms with van der Waals surface area (Å²) < 4.78 is 5.04. The normalized spacial score (nSPS) is 10.4. The predicted molar refractivity (Wildman–Crippen MR) is 127 cm³/mol. The number of carbonyl (C=O) groups is 1. The van der Waals surface area contributed by atoms with Crippen molar-refractivity contribution in [2.45, 2.75) is 52.2 Å². The van der Waals surface area contributed by atoms with Crippen molar-refractivity contribution in [3.05, 3.63) is 66.3 Å². The van der Waals surface area contributed by atoms with Gasteiger partial charge in [0.2, 0.25) is 5.91 Å². The molecule has 1 aromatic carbocycles. The van der Waals surface area contributed by atoms with Gasteiger partial charge < -0.3 is 29.7 Å². The maximum atomic E-state index is 11.8. The average molecular weight is 533 g/mol. The number of nitrogens with zero attached hydrogens (tertiary/aromatic N) is 3. The Morgan fingerprint density at radius 2 is 1.68 bits per heavy atom. The number of nitrogens with one attached hydrogen (secondary N) is 1. The molecule has 1 aromatic rings. The minimum Gasteiger partial charge on any atom is -0.504 e. The molecule has 0 radical (unpaired) electrons. The highest BCUT2D eigenvalue weighted by molar-refractivity contribution is 5.75. The predicted octanol–water partition coefficient (Wildman–Crippen LogP) is 2.77. The lowest BCUT2D eigenvalue weighted by atomic mass is 10.1. The van der Waals surface area contributed by atoms with Crippen molar-refractivity contribution in [1.29, 1.82) is 0 Å². The number of phenolic OH excluding ortho intramolecular Hbond substituents is 1. The van der Waals surface area contributed by atoms with Crippen molar-refractivity contribution in [1.82, 2.24) is 5.32 Å². The molecule has 0 saturated carbocycles. The van der Waals surface area contributed by atoms with Gasteiger partial charge in [-0.2, -0.15) is 0 Å². The number of ether oxygens (including phenoxy) is 1. The molecule has 2 N–H and O–H groups in total. The topological polar surface area (TPSA) is 216 Å². The Labute approximate surface area is 212 Å². The van der Waals surface area contributed by atoms with Gasteiger partial charge in [0, 0.05) is 13.0 Å². The number of benzene rings is 1. The molecular formula is C21H32N4O12. The van der Waals surface area contributed by atoms with Gasteiger partial charge in [0.05, 0.1) is 7.11 Å². The molecule has 0 aliphatic carbocycles. The highest BCUT2D eigenvalue weighted by Gasteiger charge is 2.17. The van der Waals surface area contributed by atoms with Gasteiger partial charge in [0.15, 0.2) is 17.6 Å². The average Bonchev–Trinajstić information content (AvgIpc) is 2.82. The molecule has 0 aliphatic heterocycles. The van der Waals surface area contributed by atoms with Crippen LogP contribution in [0.1, 0.15) is 45.1 Å². The van der Waals surface area contributed by atoms with E-state index in [1.165, 1.54) is 7.11 Å². The molecule has 0 aromatic heterocycles. The summed E-state index contributed by atoms with van der Waals surface area (Å²) >= 11 is 0. The zero-order valence-corrected chi connectivity index (χ0v) is 20.8. The van der Waals surface area contributed by atoms with E-state index in [0.29, 0.717) is 24.6 Å². The van der Waals surface area contributed by atoms with Crippen LogP contribution in [0.3, 0.4) is 0 Å². The van der Waals surface area contributed by atoms with E-state index in [2.05, 4.69) is 45.8 Å². The van der Waals surface area contributed by atoms with Gasteiger partial charge in [0.25, 0.3) is 15.3 Å².